The highest BCUT2D eigenvalue weighted by Gasteiger charge is 2.08. The van der Waals surface area contributed by atoms with Gasteiger partial charge >= 0.3 is 6.01 Å². The fraction of sp³-hybridized carbons (Fsp3) is 0.429. The van der Waals surface area contributed by atoms with Gasteiger partial charge in [0.1, 0.15) is 0 Å². The van der Waals surface area contributed by atoms with Gasteiger partial charge in [0.05, 0.1) is 0 Å². The number of thioether (sulfide) groups is 1. The lowest BCUT2D eigenvalue weighted by molar-refractivity contribution is 0.419. The Bertz CT molecular complexity index is 484. The fourth-order valence-electron chi connectivity index (χ4n) is 1.52. The minimum atomic E-state index is 0.299. The van der Waals surface area contributed by atoms with Crippen LogP contribution in [0.5, 0.6) is 0 Å². The van der Waals surface area contributed by atoms with Crippen molar-refractivity contribution in [2.45, 2.75) is 31.1 Å². The number of aromatic nitrogens is 2. The van der Waals surface area contributed by atoms with Gasteiger partial charge in [-0.05, 0) is 24.3 Å². The molecule has 0 saturated heterocycles. The molecule has 2 aromatic rings. The molecule has 5 heteroatoms. The molecule has 0 radical (unpaired) electrons. The summed E-state index contributed by atoms with van der Waals surface area (Å²) in [6.45, 7) is 4.94. The normalized spacial score (nSPS) is 10.9. The van der Waals surface area contributed by atoms with Crippen molar-refractivity contribution in [3.8, 4) is 0 Å². The predicted octanol–water partition coefficient (Wildman–Crippen LogP) is 3.79. The molecule has 0 spiro atoms. The van der Waals surface area contributed by atoms with Crippen LogP contribution in [-0.2, 0) is 0 Å². The van der Waals surface area contributed by atoms with Crippen molar-refractivity contribution in [2.75, 3.05) is 17.6 Å². The Balaban J connectivity index is 1.64. The molecule has 0 bridgehead atoms. The van der Waals surface area contributed by atoms with Gasteiger partial charge in [-0.2, -0.15) is 4.98 Å². The van der Waals surface area contributed by atoms with Crippen molar-refractivity contribution in [2.24, 2.45) is 0 Å². The molecule has 1 aromatic heterocycles. The first-order valence-corrected chi connectivity index (χ1v) is 7.49. The summed E-state index contributed by atoms with van der Waals surface area (Å²) in [7, 11) is 0. The van der Waals surface area contributed by atoms with Crippen LogP contribution < -0.4 is 5.32 Å². The van der Waals surface area contributed by atoms with Crippen LogP contribution >= 0.6 is 11.8 Å². The van der Waals surface area contributed by atoms with Crippen molar-refractivity contribution in [3.63, 3.8) is 0 Å². The van der Waals surface area contributed by atoms with Crippen LogP contribution in [0.2, 0.25) is 0 Å². The number of anilines is 1. The average molecular weight is 277 g/mol. The smallest absolute Gasteiger partial charge is 0.321 e. The number of nitrogens with one attached hydrogen (secondary N) is 1. The van der Waals surface area contributed by atoms with E-state index in [9.17, 15) is 0 Å². The van der Waals surface area contributed by atoms with Crippen LogP contribution in [0.4, 0.5) is 6.01 Å². The highest BCUT2D eigenvalue weighted by atomic mass is 32.2. The van der Waals surface area contributed by atoms with E-state index >= 15 is 0 Å². The molecule has 1 aromatic carbocycles. The minimum absolute atomic E-state index is 0.299. The van der Waals surface area contributed by atoms with Crippen LogP contribution in [0.1, 0.15) is 32.0 Å². The Labute approximate surface area is 118 Å². The number of benzene rings is 1. The third kappa shape index (κ3) is 4.59. The number of rotatable bonds is 7. The maximum atomic E-state index is 5.11. The lowest BCUT2D eigenvalue weighted by atomic mass is 10.2. The molecule has 1 N–H and O–H groups in total. The van der Waals surface area contributed by atoms with E-state index in [2.05, 4.69) is 39.7 Å². The molecule has 0 aliphatic rings. The van der Waals surface area contributed by atoms with Gasteiger partial charge in [0.15, 0.2) is 5.82 Å². The number of nitrogens with zero attached hydrogens (tertiary/aromatic N) is 2. The van der Waals surface area contributed by atoms with Gasteiger partial charge in [0.2, 0.25) is 0 Å². The van der Waals surface area contributed by atoms with Crippen LogP contribution in [-0.4, -0.2) is 22.4 Å². The molecule has 0 saturated carbocycles. The second-order valence-corrected chi connectivity index (χ2v) is 5.72. The van der Waals surface area contributed by atoms with E-state index in [0.29, 0.717) is 11.9 Å². The Morgan fingerprint density at radius 3 is 2.74 bits per heavy atom. The summed E-state index contributed by atoms with van der Waals surface area (Å²) in [5.41, 5.74) is 0. The zero-order valence-corrected chi connectivity index (χ0v) is 12.1. The lowest BCUT2D eigenvalue weighted by Gasteiger charge is -2.02. The van der Waals surface area contributed by atoms with E-state index in [-0.39, 0.29) is 0 Å². The Kier molecular flexibility index (Phi) is 5.27. The van der Waals surface area contributed by atoms with Gasteiger partial charge in [0, 0.05) is 17.4 Å². The summed E-state index contributed by atoms with van der Waals surface area (Å²) in [4.78, 5) is 5.58. The summed E-state index contributed by atoms with van der Waals surface area (Å²) >= 11 is 1.86. The first-order chi connectivity index (χ1) is 9.25. The molecule has 102 valence electrons. The summed E-state index contributed by atoms with van der Waals surface area (Å²) in [6, 6.07) is 10.9. The van der Waals surface area contributed by atoms with Gasteiger partial charge in [-0.3, -0.25) is 0 Å². The van der Waals surface area contributed by atoms with E-state index in [4.69, 9.17) is 4.52 Å². The molecule has 0 aliphatic heterocycles. The van der Waals surface area contributed by atoms with Gasteiger partial charge in [-0.25, -0.2) is 0 Å². The van der Waals surface area contributed by atoms with Crippen molar-refractivity contribution in [1.82, 2.24) is 10.1 Å². The highest BCUT2D eigenvalue weighted by molar-refractivity contribution is 7.99. The molecule has 1 heterocycles. The molecule has 0 fully saturated rings. The first kappa shape index (κ1) is 13.9. The third-order valence-corrected chi connectivity index (χ3v) is 3.67. The summed E-state index contributed by atoms with van der Waals surface area (Å²) in [5, 5.41) is 7.06. The van der Waals surface area contributed by atoms with E-state index in [1.165, 1.54) is 4.90 Å². The average Bonchev–Trinajstić information content (AvgIpc) is 2.89. The molecule has 0 unspecified atom stereocenters. The maximum absolute atomic E-state index is 5.11. The zero-order chi connectivity index (χ0) is 13.5. The van der Waals surface area contributed by atoms with E-state index in [0.717, 1.165) is 24.5 Å². The topological polar surface area (TPSA) is 51.0 Å². The Morgan fingerprint density at radius 1 is 1.26 bits per heavy atom. The summed E-state index contributed by atoms with van der Waals surface area (Å²) in [5.74, 6) is 2.12. The number of hydrogen-bond donors (Lipinski definition) is 1. The molecule has 4 nitrogen and oxygen atoms in total. The molecule has 19 heavy (non-hydrogen) atoms. The van der Waals surface area contributed by atoms with Crippen molar-refractivity contribution >= 4 is 17.8 Å². The van der Waals surface area contributed by atoms with Gasteiger partial charge < -0.3 is 9.84 Å². The van der Waals surface area contributed by atoms with Crippen molar-refractivity contribution < 1.29 is 4.52 Å². The second kappa shape index (κ2) is 7.19. The van der Waals surface area contributed by atoms with E-state index in [1.807, 2.05) is 31.7 Å². The van der Waals surface area contributed by atoms with Gasteiger partial charge in [-0.15, -0.1) is 11.8 Å². The van der Waals surface area contributed by atoms with Crippen LogP contribution in [0.15, 0.2) is 39.8 Å². The summed E-state index contributed by atoms with van der Waals surface area (Å²) in [6.07, 6.45) is 1.05. The van der Waals surface area contributed by atoms with E-state index < -0.39 is 0 Å². The first-order valence-electron chi connectivity index (χ1n) is 6.51. The van der Waals surface area contributed by atoms with E-state index in [1.54, 1.807) is 0 Å². The lowest BCUT2D eigenvalue weighted by Crippen LogP contribution is -2.03. The zero-order valence-electron chi connectivity index (χ0n) is 11.3. The van der Waals surface area contributed by atoms with Crippen LogP contribution in [0.3, 0.4) is 0 Å². The van der Waals surface area contributed by atoms with Gasteiger partial charge in [-0.1, -0.05) is 37.2 Å². The molecular weight excluding hydrogens is 258 g/mol. The third-order valence-electron chi connectivity index (χ3n) is 2.57. The highest BCUT2D eigenvalue weighted by Crippen LogP contribution is 2.18. The predicted molar refractivity (Wildman–Crippen MR) is 78.7 cm³/mol. The Hall–Kier alpha value is -1.49. The minimum Gasteiger partial charge on any atom is -0.338 e. The largest absolute Gasteiger partial charge is 0.338 e. The maximum Gasteiger partial charge on any atom is 0.321 e. The fourth-order valence-corrected chi connectivity index (χ4v) is 2.39. The van der Waals surface area contributed by atoms with Crippen molar-refractivity contribution in [1.29, 1.82) is 0 Å². The van der Waals surface area contributed by atoms with Crippen LogP contribution in [0, 0.1) is 0 Å². The second-order valence-electron chi connectivity index (χ2n) is 4.55. The molecule has 0 aliphatic carbocycles. The summed E-state index contributed by atoms with van der Waals surface area (Å²) < 4.78 is 5.11. The van der Waals surface area contributed by atoms with Crippen LogP contribution in [0.25, 0.3) is 0 Å². The molecule has 0 amide bonds. The number of hydrogen-bond acceptors (Lipinski definition) is 5. The van der Waals surface area contributed by atoms with Gasteiger partial charge in [0.25, 0.3) is 0 Å². The SMILES string of the molecule is CC(C)c1noc(NCCCSc2ccccc2)n1. The molecular formula is C14H19N3OS. The quantitative estimate of drug-likeness (QED) is 0.616. The molecule has 0 atom stereocenters. The molecule has 2 rings (SSSR count). The monoisotopic (exact) mass is 277 g/mol. The standard InChI is InChI=1S/C14H19N3OS/c1-11(2)13-16-14(18-17-13)15-9-6-10-19-12-7-4-3-5-8-12/h3-5,7-8,11H,6,9-10H2,1-2H3,(H,15,16,17). The Morgan fingerprint density at radius 2 is 2.05 bits per heavy atom. The van der Waals surface area contributed by atoms with Crippen molar-refractivity contribution in [3.05, 3.63) is 36.2 Å².